The second-order valence-corrected chi connectivity index (χ2v) is 5.88. The zero-order chi connectivity index (χ0) is 18.6. The van der Waals surface area contributed by atoms with E-state index in [1.54, 1.807) is 27.8 Å². The van der Waals surface area contributed by atoms with Crippen LogP contribution in [-0.2, 0) is 9.47 Å². The summed E-state index contributed by atoms with van der Waals surface area (Å²) in [5.74, 6) is 0.483. The molecule has 10 heteroatoms. The Morgan fingerprint density at radius 2 is 1.62 bits per heavy atom. The Hall–Kier alpha value is -1.71. The Kier molecular flexibility index (Phi) is 10.2. The Morgan fingerprint density at radius 3 is 2.17 bits per heavy atom. The zero-order valence-corrected chi connectivity index (χ0v) is 14.5. The molecule has 0 aromatic carbocycles. The number of alkyl carbamates (subject to hydrolysis) is 1. The first kappa shape index (κ1) is 22.3. The summed E-state index contributed by atoms with van der Waals surface area (Å²) in [5.41, 5.74) is -0.552. The van der Waals surface area contributed by atoms with Gasteiger partial charge in [0.15, 0.2) is 5.96 Å². The maximum atomic E-state index is 11.9. The number of hydrogen-bond acceptors (Lipinski definition) is 4. The van der Waals surface area contributed by atoms with Crippen molar-refractivity contribution in [3.8, 4) is 0 Å². The van der Waals surface area contributed by atoms with Crippen molar-refractivity contribution < 1.29 is 27.4 Å². The molecule has 0 aromatic rings. The molecule has 0 aliphatic rings. The lowest BCUT2D eigenvalue weighted by atomic mass is 10.2. The lowest BCUT2D eigenvalue weighted by Gasteiger charge is -2.19. The highest BCUT2D eigenvalue weighted by atomic mass is 19.4. The van der Waals surface area contributed by atoms with Gasteiger partial charge >= 0.3 is 12.3 Å². The Morgan fingerprint density at radius 1 is 1.04 bits per heavy atom. The Balaban J connectivity index is 3.69. The van der Waals surface area contributed by atoms with Gasteiger partial charge in [-0.25, -0.2) is 4.79 Å². The number of guanidine groups is 1. The third kappa shape index (κ3) is 15.2. The van der Waals surface area contributed by atoms with E-state index in [4.69, 9.17) is 4.74 Å². The van der Waals surface area contributed by atoms with Gasteiger partial charge in [0.1, 0.15) is 12.2 Å². The summed E-state index contributed by atoms with van der Waals surface area (Å²) in [5, 5.41) is 8.46. The topological polar surface area (TPSA) is 84.0 Å². The first-order valence-electron chi connectivity index (χ1n) is 7.59. The van der Waals surface area contributed by atoms with E-state index in [0.717, 1.165) is 0 Å². The highest BCUT2D eigenvalue weighted by Crippen LogP contribution is 2.14. The van der Waals surface area contributed by atoms with E-state index in [-0.39, 0.29) is 6.61 Å². The number of carbonyl (C=O) groups excluding carboxylic acids is 1. The molecule has 142 valence electrons. The highest BCUT2D eigenvalue weighted by Gasteiger charge is 2.27. The standard InChI is InChI=1S/C14H27F3N4O3/c1-13(2,3)24-12(22)21-8-7-20-11(18-4)19-6-5-9-23-10-14(15,16)17/h5-10H2,1-4H3,(H,21,22)(H2,18,19,20). The maximum absolute atomic E-state index is 11.9. The molecule has 0 spiro atoms. The summed E-state index contributed by atoms with van der Waals surface area (Å²) in [6, 6.07) is 0. The van der Waals surface area contributed by atoms with Gasteiger partial charge in [-0.3, -0.25) is 4.99 Å². The van der Waals surface area contributed by atoms with Crippen LogP contribution in [0, 0.1) is 0 Å². The summed E-state index contributed by atoms with van der Waals surface area (Å²) in [4.78, 5) is 15.4. The minimum atomic E-state index is -4.30. The van der Waals surface area contributed by atoms with Crippen LogP contribution >= 0.6 is 0 Å². The summed E-state index contributed by atoms with van der Waals surface area (Å²) in [6.07, 6.45) is -4.40. The number of carbonyl (C=O) groups is 1. The number of amides is 1. The van der Waals surface area contributed by atoms with Crippen LogP contribution in [0.4, 0.5) is 18.0 Å². The fourth-order valence-corrected chi connectivity index (χ4v) is 1.45. The molecule has 7 nitrogen and oxygen atoms in total. The van der Waals surface area contributed by atoms with Gasteiger partial charge in [-0.1, -0.05) is 0 Å². The van der Waals surface area contributed by atoms with Crippen molar-refractivity contribution in [3.05, 3.63) is 0 Å². The van der Waals surface area contributed by atoms with Gasteiger partial charge < -0.3 is 25.4 Å². The molecule has 0 atom stereocenters. The first-order valence-corrected chi connectivity index (χ1v) is 7.59. The monoisotopic (exact) mass is 356 g/mol. The molecule has 0 bridgehead atoms. The van der Waals surface area contributed by atoms with Crippen LogP contribution in [0.25, 0.3) is 0 Å². The molecular weight excluding hydrogens is 329 g/mol. The summed E-state index contributed by atoms with van der Waals surface area (Å²) in [6.45, 7) is 5.25. The summed E-state index contributed by atoms with van der Waals surface area (Å²) >= 11 is 0. The van der Waals surface area contributed by atoms with Crippen molar-refractivity contribution in [1.82, 2.24) is 16.0 Å². The molecule has 24 heavy (non-hydrogen) atoms. The SMILES string of the molecule is CN=C(NCCCOCC(F)(F)F)NCCNC(=O)OC(C)(C)C. The molecule has 0 unspecified atom stereocenters. The molecule has 1 amide bonds. The van der Waals surface area contributed by atoms with Gasteiger partial charge in [0, 0.05) is 33.3 Å². The van der Waals surface area contributed by atoms with Crippen molar-refractivity contribution in [2.24, 2.45) is 4.99 Å². The van der Waals surface area contributed by atoms with Gasteiger partial charge in [-0.15, -0.1) is 0 Å². The molecule has 0 aliphatic carbocycles. The number of nitrogens with zero attached hydrogens (tertiary/aromatic N) is 1. The minimum Gasteiger partial charge on any atom is -0.444 e. The zero-order valence-electron chi connectivity index (χ0n) is 14.5. The quantitative estimate of drug-likeness (QED) is 0.350. The minimum absolute atomic E-state index is 0.00367. The number of ether oxygens (including phenoxy) is 2. The molecule has 0 rings (SSSR count). The van der Waals surface area contributed by atoms with E-state index in [0.29, 0.717) is 32.0 Å². The van der Waals surface area contributed by atoms with E-state index >= 15 is 0 Å². The van der Waals surface area contributed by atoms with E-state index in [1.807, 2.05) is 0 Å². The van der Waals surface area contributed by atoms with Crippen LogP contribution in [0.5, 0.6) is 0 Å². The highest BCUT2D eigenvalue weighted by molar-refractivity contribution is 5.79. The van der Waals surface area contributed by atoms with Crippen molar-refractivity contribution in [1.29, 1.82) is 0 Å². The summed E-state index contributed by atoms with van der Waals surface area (Å²) in [7, 11) is 1.57. The van der Waals surface area contributed by atoms with E-state index in [2.05, 4.69) is 25.7 Å². The average Bonchev–Trinajstić information content (AvgIpc) is 2.41. The van der Waals surface area contributed by atoms with Crippen molar-refractivity contribution in [3.63, 3.8) is 0 Å². The predicted molar refractivity (Wildman–Crippen MR) is 85.1 cm³/mol. The second kappa shape index (κ2) is 11.0. The van der Waals surface area contributed by atoms with Crippen LogP contribution in [0.3, 0.4) is 0 Å². The van der Waals surface area contributed by atoms with Gasteiger partial charge in [0.2, 0.25) is 0 Å². The largest absolute Gasteiger partial charge is 0.444 e. The van der Waals surface area contributed by atoms with Crippen LogP contribution in [0.15, 0.2) is 4.99 Å². The molecule has 0 aliphatic heterocycles. The average molecular weight is 356 g/mol. The molecule has 3 N–H and O–H groups in total. The number of hydrogen-bond donors (Lipinski definition) is 3. The normalized spacial score (nSPS) is 12.7. The van der Waals surface area contributed by atoms with E-state index in [1.165, 1.54) is 0 Å². The molecule has 0 fully saturated rings. The predicted octanol–water partition coefficient (Wildman–Crippen LogP) is 1.65. The number of aliphatic imine (C=N–C) groups is 1. The van der Waals surface area contributed by atoms with Crippen LogP contribution in [-0.4, -0.2) is 63.7 Å². The van der Waals surface area contributed by atoms with Crippen LogP contribution < -0.4 is 16.0 Å². The summed E-state index contributed by atoms with van der Waals surface area (Å²) < 4.78 is 45.2. The van der Waals surface area contributed by atoms with Gasteiger partial charge in [-0.2, -0.15) is 13.2 Å². The van der Waals surface area contributed by atoms with Crippen molar-refractivity contribution in [2.75, 3.05) is 39.9 Å². The first-order chi connectivity index (χ1) is 11.0. The molecular formula is C14H27F3N4O3. The fourth-order valence-electron chi connectivity index (χ4n) is 1.45. The third-order valence-corrected chi connectivity index (χ3v) is 2.33. The van der Waals surface area contributed by atoms with E-state index in [9.17, 15) is 18.0 Å². The fraction of sp³-hybridized carbons (Fsp3) is 0.857. The van der Waals surface area contributed by atoms with Crippen LogP contribution in [0.2, 0.25) is 0 Å². The van der Waals surface area contributed by atoms with Crippen molar-refractivity contribution in [2.45, 2.75) is 39.0 Å². The molecule has 0 radical (unpaired) electrons. The smallest absolute Gasteiger partial charge is 0.411 e. The number of alkyl halides is 3. The molecule has 0 aromatic heterocycles. The van der Waals surface area contributed by atoms with Gasteiger partial charge in [0.25, 0.3) is 0 Å². The Labute approximate surface area is 140 Å². The Bertz CT molecular complexity index is 396. The number of rotatable bonds is 8. The van der Waals surface area contributed by atoms with E-state index < -0.39 is 24.5 Å². The lowest BCUT2D eigenvalue weighted by Crippen LogP contribution is -2.42. The molecule has 0 heterocycles. The van der Waals surface area contributed by atoms with Gasteiger partial charge in [0.05, 0.1) is 0 Å². The second-order valence-electron chi connectivity index (χ2n) is 5.88. The third-order valence-electron chi connectivity index (χ3n) is 2.33. The van der Waals surface area contributed by atoms with Crippen molar-refractivity contribution >= 4 is 12.1 Å². The van der Waals surface area contributed by atoms with Crippen LogP contribution in [0.1, 0.15) is 27.2 Å². The maximum Gasteiger partial charge on any atom is 0.411 e. The molecule has 0 saturated heterocycles. The molecule has 0 saturated carbocycles. The number of halogens is 3. The van der Waals surface area contributed by atoms with Gasteiger partial charge in [-0.05, 0) is 27.2 Å². The lowest BCUT2D eigenvalue weighted by molar-refractivity contribution is -0.173. The number of nitrogens with one attached hydrogen (secondary N) is 3.